The van der Waals surface area contributed by atoms with Crippen molar-refractivity contribution in [2.24, 2.45) is 5.92 Å². The lowest BCUT2D eigenvalue weighted by molar-refractivity contribution is 0.0690. The number of hydrogen-bond acceptors (Lipinski definition) is 4. The number of piperidine rings is 1. The molecule has 1 saturated heterocycles. The van der Waals surface area contributed by atoms with Gasteiger partial charge in [-0.1, -0.05) is 34.4 Å². The van der Waals surface area contributed by atoms with Crippen molar-refractivity contribution in [1.29, 1.82) is 0 Å². The van der Waals surface area contributed by atoms with Crippen LogP contribution in [0.4, 0.5) is 0 Å². The number of carbonyl (C=O) groups excluding carboxylic acids is 1. The molecule has 142 valence electrons. The number of likely N-dealkylation sites (tertiary alicyclic amines) is 1. The summed E-state index contributed by atoms with van der Waals surface area (Å²) in [7, 11) is 1.96. The first kappa shape index (κ1) is 21.0. The summed E-state index contributed by atoms with van der Waals surface area (Å²) in [4.78, 5) is 14.9. The number of aryl methyl sites for hydroxylation is 1. The molecule has 1 amide bonds. The summed E-state index contributed by atoms with van der Waals surface area (Å²) < 4.78 is 5.31. The van der Waals surface area contributed by atoms with Crippen LogP contribution in [-0.2, 0) is 0 Å². The molecule has 5 nitrogen and oxygen atoms in total. The van der Waals surface area contributed by atoms with Gasteiger partial charge in [-0.15, -0.1) is 12.4 Å². The normalized spacial score (nSPS) is 15.0. The van der Waals surface area contributed by atoms with E-state index >= 15 is 0 Å². The molecule has 8 heteroatoms. The van der Waals surface area contributed by atoms with E-state index in [4.69, 9.17) is 27.7 Å². The third-order valence-corrected chi connectivity index (χ3v) is 5.30. The summed E-state index contributed by atoms with van der Waals surface area (Å²) in [6.07, 6.45) is 1.97. The van der Waals surface area contributed by atoms with Gasteiger partial charge in [0.2, 0.25) is 0 Å². The van der Waals surface area contributed by atoms with Crippen LogP contribution in [0.3, 0.4) is 0 Å². The third-order valence-electron chi connectivity index (χ3n) is 4.67. The lowest BCUT2D eigenvalue weighted by Gasteiger charge is -2.32. The number of benzene rings is 1. The summed E-state index contributed by atoms with van der Waals surface area (Å²) in [5, 5.41) is 8.16. The van der Waals surface area contributed by atoms with Crippen molar-refractivity contribution in [3.8, 4) is 11.3 Å². The molecule has 1 aliphatic heterocycles. The molecule has 0 saturated carbocycles. The minimum atomic E-state index is -0.0763. The Labute approximate surface area is 169 Å². The number of nitrogens with zero attached hydrogens (tertiary/aromatic N) is 2. The smallest absolute Gasteiger partial charge is 0.259 e. The van der Waals surface area contributed by atoms with E-state index in [1.54, 1.807) is 25.1 Å². The molecule has 1 fully saturated rings. The molecule has 0 unspecified atom stereocenters. The SMILES string of the molecule is CNCC1CCN(C(=O)c2c(-c3c(Cl)cccc3Cl)noc2C)CC1.Cl. The molecule has 2 aromatic rings. The molecule has 0 atom stereocenters. The zero-order valence-electron chi connectivity index (χ0n) is 14.7. The predicted molar refractivity (Wildman–Crippen MR) is 106 cm³/mol. The second-order valence-corrected chi connectivity index (χ2v) is 7.17. The average molecular weight is 419 g/mol. The molecule has 2 heterocycles. The molecule has 1 aliphatic rings. The highest BCUT2D eigenvalue weighted by molar-refractivity contribution is 6.39. The highest BCUT2D eigenvalue weighted by atomic mass is 35.5. The lowest BCUT2D eigenvalue weighted by atomic mass is 9.96. The highest BCUT2D eigenvalue weighted by Crippen LogP contribution is 2.37. The summed E-state index contributed by atoms with van der Waals surface area (Å²) in [5.74, 6) is 1.01. The summed E-state index contributed by atoms with van der Waals surface area (Å²) in [6.45, 7) is 4.17. The minimum absolute atomic E-state index is 0. The van der Waals surface area contributed by atoms with Gasteiger partial charge in [0.15, 0.2) is 0 Å². The van der Waals surface area contributed by atoms with E-state index in [-0.39, 0.29) is 18.3 Å². The largest absolute Gasteiger partial charge is 0.360 e. The standard InChI is InChI=1S/C18H21Cl2N3O2.ClH/c1-11-15(18(24)23-8-6-12(7-9-23)10-21-2)17(22-25-11)16-13(19)4-3-5-14(16)20;/h3-5,12,21H,6-10H2,1-2H3;1H. The van der Waals surface area contributed by atoms with Crippen molar-refractivity contribution in [2.75, 3.05) is 26.7 Å². The van der Waals surface area contributed by atoms with Crippen LogP contribution in [0.15, 0.2) is 22.7 Å². The number of aromatic nitrogens is 1. The Hall–Kier alpha value is -1.27. The fourth-order valence-corrected chi connectivity index (χ4v) is 3.88. The van der Waals surface area contributed by atoms with Gasteiger partial charge in [-0.3, -0.25) is 4.79 Å². The maximum atomic E-state index is 13.1. The Balaban J connectivity index is 0.00000243. The Morgan fingerprint density at radius 1 is 1.31 bits per heavy atom. The van der Waals surface area contributed by atoms with Crippen LogP contribution in [0.5, 0.6) is 0 Å². The maximum absolute atomic E-state index is 13.1. The molecule has 0 radical (unpaired) electrons. The minimum Gasteiger partial charge on any atom is -0.360 e. The van der Waals surface area contributed by atoms with Gasteiger partial charge in [0.1, 0.15) is 17.0 Å². The molecule has 0 spiro atoms. The van der Waals surface area contributed by atoms with E-state index in [0.29, 0.717) is 38.5 Å². The second-order valence-electron chi connectivity index (χ2n) is 6.35. The molecule has 1 N–H and O–H groups in total. The summed E-state index contributed by atoms with van der Waals surface area (Å²) in [6, 6.07) is 5.21. The number of nitrogens with one attached hydrogen (secondary N) is 1. The molecule has 0 bridgehead atoms. The van der Waals surface area contributed by atoms with Crippen LogP contribution in [0.1, 0.15) is 29.0 Å². The Morgan fingerprint density at radius 2 is 1.92 bits per heavy atom. The summed E-state index contributed by atoms with van der Waals surface area (Å²) >= 11 is 12.6. The van der Waals surface area contributed by atoms with E-state index in [1.807, 2.05) is 11.9 Å². The first-order chi connectivity index (χ1) is 12.0. The zero-order valence-corrected chi connectivity index (χ0v) is 17.0. The fourth-order valence-electron chi connectivity index (χ4n) is 3.31. The van der Waals surface area contributed by atoms with E-state index in [0.717, 1.165) is 32.5 Å². The maximum Gasteiger partial charge on any atom is 0.259 e. The highest BCUT2D eigenvalue weighted by Gasteiger charge is 2.30. The van der Waals surface area contributed by atoms with Crippen LogP contribution in [0.25, 0.3) is 11.3 Å². The second kappa shape index (κ2) is 9.09. The molecular weight excluding hydrogens is 397 g/mol. The topological polar surface area (TPSA) is 58.4 Å². The van der Waals surface area contributed by atoms with Gasteiger partial charge in [0, 0.05) is 18.7 Å². The van der Waals surface area contributed by atoms with Crippen LogP contribution in [0, 0.1) is 12.8 Å². The van der Waals surface area contributed by atoms with Crippen molar-refractivity contribution in [2.45, 2.75) is 19.8 Å². The Kier molecular flexibility index (Phi) is 7.35. The molecular formula is C18H22Cl3N3O2. The van der Waals surface area contributed by atoms with Gasteiger partial charge in [0.25, 0.3) is 5.91 Å². The van der Waals surface area contributed by atoms with Gasteiger partial charge in [-0.2, -0.15) is 0 Å². The monoisotopic (exact) mass is 417 g/mol. The third kappa shape index (κ3) is 4.17. The predicted octanol–water partition coefficient (Wildman–Crippen LogP) is 4.45. The van der Waals surface area contributed by atoms with Crippen LogP contribution >= 0.6 is 35.6 Å². The van der Waals surface area contributed by atoms with Gasteiger partial charge in [-0.25, -0.2) is 0 Å². The van der Waals surface area contributed by atoms with Crippen molar-refractivity contribution in [1.82, 2.24) is 15.4 Å². The van der Waals surface area contributed by atoms with E-state index < -0.39 is 0 Å². The Bertz CT molecular complexity index is 751. The van der Waals surface area contributed by atoms with Crippen molar-refractivity contribution >= 4 is 41.5 Å². The van der Waals surface area contributed by atoms with Crippen LogP contribution < -0.4 is 5.32 Å². The molecule has 0 aliphatic carbocycles. The first-order valence-corrected chi connectivity index (χ1v) is 9.13. The van der Waals surface area contributed by atoms with Gasteiger partial charge >= 0.3 is 0 Å². The molecule has 1 aromatic heterocycles. The van der Waals surface area contributed by atoms with E-state index in [2.05, 4.69) is 10.5 Å². The number of carbonyl (C=O) groups is 1. The first-order valence-electron chi connectivity index (χ1n) is 8.37. The zero-order chi connectivity index (χ0) is 18.0. The quantitative estimate of drug-likeness (QED) is 0.797. The van der Waals surface area contributed by atoms with Gasteiger partial charge in [-0.05, 0) is 51.4 Å². The average Bonchev–Trinajstić information content (AvgIpc) is 2.96. The Morgan fingerprint density at radius 3 is 2.50 bits per heavy atom. The van der Waals surface area contributed by atoms with Gasteiger partial charge < -0.3 is 14.7 Å². The number of hydrogen-bond donors (Lipinski definition) is 1. The van der Waals surface area contributed by atoms with Crippen molar-refractivity contribution in [3.05, 3.63) is 39.6 Å². The van der Waals surface area contributed by atoms with E-state index in [9.17, 15) is 4.79 Å². The van der Waals surface area contributed by atoms with Crippen LogP contribution in [-0.4, -0.2) is 42.6 Å². The summed E-state index contributed by atoms with van der Waals surface area (Å²) in [5.41, 5.74) is 1.40. The van der Waals surface area contributed by atoms with Gasteiger partial charge in [0.05, 0.1) is 10.0 Å². The number of rotatable bonds is 4. The lowest BCUT2D eigenvalue weighted by Crippen LogP contribution is -2.40. The molecule has 1 aromatic carbocycles. The van der Waals surface area contributed by atoms with Crippen molar-refractivity contribution < 1.29 is 9.32 Å². The molecule has 3 rings (SSSR count). The van der Waals surface area contributed by atoms with Crippen LogP contribution in [0.2, 0.25) is 10.0 Å². The fraction of sp³-hybridized carbons (Fsp3) is 0.444. The number of amides is 1. The molecule has 26 heavy (non-hydrogen) atoms. The van der Waals surface area contributed by atoms with E-state index in [1.165, 1.54) is 0 Å². The van der Waals surface area contributed by atoms with Crippen molar-refractivity contribution in [3.63, 3.8) is 0 Å². The number of halogens is 3.